The van der Waals surface area contributed by atoms with Crippen molar-refractivity contribution in [1.82, 2.24) is 0 Å². The third-order valence-corrected chi connectivity index (χ3v) is 3.00. The Morgan fingerprint density at radius 1 is 1.35 bits per heavy atom. The van der Waals surface area contributed by atoms with Crippen LogP contribution in [-0.2, 0) is 4.74 Å². The number of piperidine rings is 1. The Labute approximate surface area is 102 Å². The predicted molar refractivity (Wildman–Crippen MR) is 68.4 cm³/mol. The molecule has 4 heteroatoms. The number of nitrogens with zero attached hydrogens (tertiary/aromatic N) is 1. The Bertz CT molecular complexity index is 340. The van der Waals surface area contributed by atoms with Crippen LogP contribution in [0.2, 0.25) is 0 Å². The summed E-state index contributed by atoms with van der Waals surface area (Å²) in [6.45, 7) is 2.32. The maximum absolute atomic E-state index is 5.98. The molecule has 1 atom stereocenters. The highest BCUT2D eigenvalue weighted by atomic mass is 16.7. The molecule has 1 aliphatic rings. The van der Waals surface area contributed by atoms with E-state index in [1.54, 1.807) is 7.11 Å². The van der Waals surface area contributed by atoms with Crippen molar-refractivity contribution in [3.63, 3.8) is 0 Å². The molecule has 1 fully saturated rings. The van der Waals surface area contributed by atoms with Crippen LogP contribution in [0.1, 0.15) is 12.8 Å². The molecular formula is C13H20N2O2. The monoisotopic (exact) mass is 236 g/mol. The third kappa shape index (κ3) is 3.35. The fourth-order valence-electron chi connectivity index (χ4n) is 2.12. The van der Waals surface area contributed by atoms with Crippen molar-refractivity contribution in [2.75, 3.05) is 31.9 Å². The summed E-state index contributed by atoms with van der Waals surface area (Å²) in [5.74, 6) is 0.830. The molecule has 0 saturated carbocycles. The van der Waals surface area contributed by atoms with Gasteiger partial charge in [-0.1, -0.05) is 0 Å². The van der Waals surface area contributed by atoms with Crippen molar-refractivity contribution in [3.05, 3.63) is 24.3 Å². The molecule has 2 rings (SSSR count). The lowest BCUT2D eigenvalue weighted by Crippen LogP contribution is -2.42. The first-order valence-electron chi connectivity index (χ1n) is 6.02. The second-order valence-electron chi connectivity index (χ2n) is 4.39. The van der Waals surface area contributed by atoms with E-state index in [-0.39, 0.29) is 6.79 Å². The van der Waals surface area contributed by atoms with Crippen molar-refractivity contribution in [2.24, 2.45) is 5.73 Å². The van der Waals surface area contributed by atoms with Crippen molar-refractivity contribution < 1.29 is 9.47 Å². The molecule has 0 aromatic heterocycles. The molecule has 94 valence electrons. The molecule has 1 aromatic carbocycles. The maximum Gasteiger partial charge on any atom is 0.188 e. The number of nitrogens with two attached hydrogens (primary N) is 1. The quantitative estimate of drug-likeness (QED) is 0.807. The Hall–Kier alpha value is -1.26. The van der Waals surface area contributed by atoms with Gasteiger partial charge in [-0.25, -0.2) is 0 Å². The van der Waals surface area contributed by atoms with E-state index in [0.29, 0.717) is 6.04 Å². The lowest BCUT2D eigenvalue weighted by Gasteiger charge is -2.32. The van der Waals surface area contributed by atoms with Crippen LogP contribution in [0.15, 0.2) is 24.3 Å². The number of anilines is 1. The van der Waals surface area contributed by atoms with Gasteiger partial charge in [-0.15, -0.1) is 0 Å². The second kappa shape index (κ2) is 5.89. The van der Waals surface area contributed by atoms with Gasteiger partial charge in [0.1, 0.15) is 5.75 Å². The Morgan fingerprint density at radius 3 is 2.76 bits per heavy atom. The maximum atomic E-state index is 5.98. The molecule has 0 radical (unpaired) electrons. The SMILES string of the molecule is COCOc1ccc(N2CCCC(N)C2)cc1. The van der Waals surface area contributed by atoms with Crippen molar-refractivity contribution in [2.45, 2.75) is 18.9 Å². The van der Waals surface area contributed by atoms with Crippen molar-refractivity contribution in [3.8, 4) is 5.75 Å². The number of hydrogen-bond acceptors (Lipinski definition) is 4. The van der Waals surface area contributed by atoms with E-state index in [1.165, 1.54) is 12.1 Å². The first kappa shape index (κ1) is 12.2. The molecule has 1 aliphatic heterocycles. The molecule has 1 saturated heterocycles. The largest absolute Gasteiger partial charge is 0.468 e. The van der Waals surface area contributed by atoms with Crippen LogP contribution in [0.25, 0.3) is 0 Å². The lowest BCUT2D eigenvalue weighted by molar-refractivity contribution is 0.0511. The topological polar surface area (TPSA) is 47.7 Å². The van der Waals surface area contributed by atoms with E-state index in [0.717, 1.165) is 25.3 Å². The van der Waals surface area contributed by atoms with Crippen molar-refractivity contribution >= 4 is 5.69 Å². The third-order valence-electron chi connectivity index (χ3n) is 3.00. The molecule has 1 heterocycles. The molecule has 1 unspecified atom stereocenters. The number of benzene rings is 1. The fraction of sp³-hybridized carbons (Fsp3) is 0.538. The van der Waals surface area contributed by atoms with Gasteiger partial charge in [-0.05, 0) is 37.1 Å². The zero-order valence-corrected chi connectivity index (χ0v) is 10.3. The van der Waals surface area contributed by atoms with Gasteiger partial charge in [0.05, 0.1) is 0 Å². The number of hydrogen-bond donors (Lipinski definition) is 1. The van der Waals surface area contributed by atoms with Crippen LogP contribution in [-0.4, -0.2) is 33.0 Å². The first-order valence-corrected chi connectivity index (χ1v) is 6.02. The number of ether oxygens (including phenoxy) is 2. The van der Waals surface area contributed by atoms with Crippen molar-refractivity contribution in [1.29, 1.82) is 0 Å². The minimum absolute atomic E-state index is 0.286. The summed E-state index contributed by atoms with van der Waals surface area (Å²) in [6, 6.07) is 8.38. The summed E-state index contributed by atoms with van der Waals surface area (Å²) in [5, 5.41) is 0. The van der Waals surface area contributed by atoms with Crippen LogP contribution in [0.5, 0.6) is 5.75 Å². The van der Waals surface area contributed by atoms with Crippen LogP contribution in [0.3, 0.4) is 0 Å². The van der Waals surface area contributed by atoms with Gasteiger partial charge in [0, 0.05) is 31.9 Å². The van der Waals surface area contributed by atoms with Gasteiger partial charge < -0.3 is 20.1 Å². The normalized spacial score (nSPS) is 20.4. The summed E-state index contributed by atoms with van der Waals surface area (Å²) in [6.07, 6.45) is 2.30. The highest BCUT2D eigenvalue weighted by molar-refractivity contribution is 5.49. The highest BCUT2D eigenvalue weighted by Crippen LogP contribution is 2.22. The molecule has 1 aromatic rings. The van der Waals surface area contributed by atoms with Gasteiger partial charge in [-0.2, -0.15) is 0 Å². The Balaban J connectivity index is 1.96. The summed E-state index contributed by atoms with van der Waals surface area (Å²) in [5.41, 5.74) is 7.19. The Morgan fingerprint density at radius 2 is 2.12 bits per heavy atom. The predicted octanol–water partition coefficient (Wildman–Crippen LogP) is 1.60. The van der Waals surface area contributed by atoms with Gasteiger partial charge in [0.2, 0.25) is 0 Å². The van der Waals surface area contributed by atoms with Gasteiger partial charge in [0.25, 0.3) is 0 Å². The number of methoxy groups -OCH3 is 1. The van der Waals surface area contributed by atoms with E-state index in [2.05, 4.69) is 17.0 Å². The smallest absolute Gasteiger partial charge is 0.188 e. The van der Waals surface area contributed by atoms with Gasteiger partial charge in [0.15, 0.2) is 6.79 Å². The molecule has 0 spiro atoms. The van der Waals surface area contributed by atoms with Gasteiger partial charge in [-0.3, -0.25) is 0 Å². The Kier molecular flexibility index (Phi) is 4.23. The highest BCUT2D eigenvalue weighted by Gasteiger charge is 2.16. The molecule has 0 amide bonds. The standard InChI is InChI=1S/C13H20N2O2/c1-16-10-17-13-6-4-12(5-7-13)15-8-2-3-11(14)9-15/h4-7,11H,2-3,8-10,14H2,1H3. The van der Waals surface area contributed by atoms with Gasteiger partial charge >= 0.3 is 0 Å². The fourth-order valence-corrected chi connectivity index (χ4v) is 2.12. The van der Waals surface area contributed by atoms with E-state index in [4.69, 9.17) is 15.2 Å². The molecule has 17 heavy (non-hydrogen) atoms. The number of rotatable bonds is 4. The van der Waals surface area contributed by atoms with Crippen LogP contribution in [0, 0.1) is 0 Å². The summed E-state index contributed by atoms with van der Waals surface area (Å²) < 4.78 is 10.2. The van der Waals surface area contributed by atoms with Crippen LogP contribution >= 0.6 is 0 Å². The minimum Gasteiger partial charge on any atom is -0.468 e. The van der Waals surface area contributed by atoms with E-state index < -0.39 is 0 Å². The minimum atomic E-state index is 0.286. The first-order chi connectivity index (χ1) is 8.29. The zero-order chi connectivity index (χ0) is 12.1. The second-order valence-corrected chi connectivity index (χ2v) is 4.39. The summed E-state index contributed by atoms with van der Waals surface area (Å²) >= 11 is 0. The molecule has 4 nitrogen and oxygen atoms in total. The average molecular weight is 236 g/mol. The molecule has 2 N–H and O–H groups in total. The molecule has 0 aliphatic carbocycles. The van der Waals surface area contributed by atoms with Crippen LogP contribution in [0.4, 0.5) is 5.69 Å². The zero-order valence-electron chi connectivity index (χ0n) is 10.3. The van der Waals surface area contributed by atoms with E-state index >= 15 is 0 Å². The molecule has 0 bridgehead atoms. The molecular weight excluding hydrogens is 216 g/mol. The average Bonchev–Trinajstić information content (AvgIpc) is 2.37. The van der Waals surface area contributed by atoms with E-state index in [9.17, 15) is 0 Å². The van der Waals surface area contributed by atoms with Crippen LogP contribution < -0.4 is 15.4 Å². The van der Waals surface area contributed by atoms with E-state index in [1.807, 2.05) is 12.1 Å². The summed E-state index contributed by atoms with van der Waals surface area (Å²) in [7, 11) is 1.61. The lowest BCUT2D eigenvalue weighted by atomic mass is 10.1. The summed E-state index contributed by atoms with van der Waals surface area (Å²) in [4.78, 5) is 2.33.